The molecule has 0 radical (unpaired) electrons. The maximum atomic E-state index is 10.4. The molecule has 0 atom stereocenters. The van der Waals surface area contributed by atoms with Gasteiger partial charge in [-0.2, -0.15) is 0 Å². The summed E-state index contributed by atoms with van der Waals surface area (Å²) in [4.78, 5) is 15.0. The lowest BCUT2D eigenvalue weighted by Crippen LogP contribution is -1.88. The number of aliphatic imine (C=N–C) groups is 1. The van der Waals surface area contributed by atoms with E-state index in [9.17, 15) is 4.79 Å². The second-order valence-corrected chi connectivity index (χ2v) is 6.05. The highest BCUT2D eigenvalue weighted by molar-refractivity contribution is 8.13. The van der Waals surface area contributed by atoms with Crippen LogP contribution in [0.15, 0.2) is 59.6 Å². The van der Waals surface area contributed by atoms with Gasteiger partial charge in [0.2, 0.25) is 0 Å². The number of carbonyl (C=O) groups is 1. The zero-order valence-corrected chi connectivity index (χ0v) is 14.0. The summed E-state index contributed by atoms with van der Waals surface area (Å²) in [5.41, 5.74) is 3.11. The van der Waals surface area contributed by atoms with Crippen molar-refractivity contribution in [3.8, 4) is 0 Å². The minimum Gasteiger partial charge on any atom is -0.276 e. The van der Waals surface area contributed by atoms with Crippen molar-refractivity contribution in [3.63, 3.8) is 0 Å². The number of hydrogen-bond acceptors (Lipinski definition) is 3. The van der Waals surface area contributed by atoms with E-state index in [1.165, 1.54) is 29.1 Å². The molecule has 3 rings (SSSR count). The summed E-state index contributed by atoms with van der Waals surface area (Å²) in [6, 6.07) is 17.2. The molecule has 1 aliphatic heterocycles. The Morgan fingerprint density at radius 1 is 1.05 bits per heavy atom. The van der Waals surface area contributed by atoms with Crippen molar-refractivity contribution in [3.05, 3.63) is 65.7 Å². The van der Waals surface area contributed by atoms with Gasteiger partial charge >= 0.3 is 0 Å². The second-order valence-electron chi connectivity index (χ2n) is 4.83. The van der Waals surface area contributed by atoms with Gasteiger partial charge in [-0.05, 0) is 48.7 Å². The molecule has 0 aliphatic carbocycles. The smallest absolute Gasteiger partial charge is 0.252 e. The highest BCUT2D eigenvalue weighted by atomic mass is 35.5. The summed E-state index contributed by atoms with van der Waals surface area (Å²) in [6.45, 7) is 0. The Kier molecular flexibility index (Phi) is 6.69. The number of aryl methyl sites for hydroxylation is 1. The standard InChI is InChI=1S/C11H13NS.C7H5ClO/c1-13-11-8-4-6-9-5-2-3-7-10(9)12-11;8-7(9)6-4-2-1-3-5-6/h2-3,5,7H,4,6,8H2,1H3;1-5H. The van der Waals surface area contributed by atoms with Crippen molar-refractivity contribution in [1.29, 1.82) is 0 Å². The predicted molar refractivity (Wildman–Crippen MR) is 96.6 cm³/mol. The topological polar surface area (TPSA) is 29.4 Å². The largest absolute Gasteiger partial charge is 0.276 e. The number of para-hydroxylation sites is 1. The van der Waals surface area contributed by atoms with E-state index < -0.39 is 5.24 Å². The monoisotopic (exact) mass is 331 g/mol. The lowest BCUT2D eigenvalue weighted by molar-refractivity contribution is 0.108. The molecular weight excluding hydrogens is 314 g/mol. The summed E-state index contributed by atoms with van der Waals surface area (Å²) < 4.78 is 0. The third-order valence-electron chi connectivity index (χ3n) is 3.31. The van der Waals surface area contributed by atoms with Crippen LogP contribution in [0.25, 0.3) is 0 Å². The Hall–Kier alpha value is -1.58. The highest BCUT2D eigenvalue weighted by Crippen LogP contribution is 2.26. The molecular formula is C18H18ClNOS. The molecule has 22 heavy (non-hydrogen) atoms. The summed E-state index contributed by atoms with van der Waals surface area (Å²) in [6.07, 6.45) is 5.64. The average Bonchev–Trinajstić information content (AvgIpc) is 2.78. The van der Waals surface area contributed by atoms with Crippen LogP contribution < -0.4 is 0 Å². The van der Waals surface area contributed by atoms with Crippen LogP contribution >= 0.6 is 23.4 Å². The fourth-order valence-corrected chi connectivity index (χ4v) is 2.83. The van der Waals surface area contributed by atoms with E-state index in [2.05, 4.69) is 35.5 Å². The van der Waals surface area contributed by atoms with Gasteiger partial charge in [0.1, 0.15) is 0 Å². The molecule has 2 aromatic carbocycles. The van der Waals surface area contributed by atoms with Crippen LogP contribution in [0.1, 0.15) is 28.8 Å². The molecule has 0 amide bonds. The fraction of sp³-hybridized carbons (Fsp3) is 0.222. The van der Waals surface area contributed by atoms with E-state index in [1.807, 2.05) is 6.07 Å². The molecule has 114 valence electrons. The molecule has 1 aliphatic rings. The number of thioether (sulfide) groups is 1. The van der Waals surface area contributed by atoms with Crippen LogP contribution in [0, 0.1) is 0 Å². The Balaban J connectivity index is 0.000000172. The van der Waals surface area contributed by atoms with E-state index in [-0.39, 0.29) is 0 Å². The average molecular weight is 332 g/mol. The summed E-state index contributed by atoms with van der Waals surface area (Å²) in [5.74, 6) is 0. The third kappa shape index (κ3) is 5.00. The molecule has 2 nitrogen and oxygen atoms in total. The zero-order valence-electron chi connectivity index (χ0n) is 12.5. The first kappa shape index (κ1) is 16.8. The minimum atomic E-state index is -0.407. The van der Waals surface area contributed by atoms with Crippen molar-refractivity contribution in [1.82, 2.24) is 0 Å². The lowest BCUT2D eigenvalue weighted by Gasteiger charge is -1.99. The predicted octanol–water partition coefficient (Wildman–Crippen LogP) is 5.48. The van der Waals surface area contributed by atoms with Crippen molar-refractivity contribution < 1.29 is 4.79 Å². The lowest BCUT2D eigenvalue weighted by atomic mass is 10.1. The van der Waals surface area contributed by atoms with Gasteiger partial charge in [-0.15, -0.1) is 11.8 Å². The van der Waals surface area contributed by atoms with E-state index in [0.29, 0.717) is 5.56 Å². The molecule has 1 heterocycles. The number of fused-ring (bicyclic) bond motifs is 1. The minimum absolute atomic E-state index is 0.407. The SMILES string of the molecule is CSC1=Nc2ccccc2CCC1.O=C(Cl)c1ccccc1. The van der Waals surface area contributed by atoms with Crippen LogP contribution in [0.4, 0.5) is 5.69 Å². The van der Waals surface area contributed by atoms with Gasteiger partial charge in [-0.1, -0.05) is 48.5 Å². The van der Waals surface area contributed by atoms with Gasteiger partial charge in [0.05, 0.1) is 10.7 Å². The number of benzene rings is 2. The van der Waals surface area contributed by atoms with Crippen LogP contribution in [0.2, 0.25) is 0 Å². The van der Waals surface area contributed by atoms with Crippen molar-refractivity contribution in [2.75, 3.05) is 6.26 Å². The van der Waals surface area contributed by atoms with Gasteiger partial charge in [-0.3, -0.25) is 4.79 Å². The van der Waals surface area contributed by atoms with Crippen molar-refractivity contribution >= 4 is 39.3 Å². The molecule has 0 N–H and O–H groups in total. The number of hydrogen-bond donors (Lipinski definition) is 0. The molecule has 0 unspecified atom stereocenters. The Morgan fingerprint density at radius 3 is 2.36 bits per heavy atom. The molecule has 0 bridgehead atoms. The quantitative estimate of drug-likeness (QED) is 0.647. The Morgan fingerprint density at radius 2 is 1.73 bits per heavy atom. The highest BCUT2D eigenvalue weighted by Gasteiger charge is 2.07. The van der Waals surface area contributed by atoms with Gasteiger partial charge in [0.15, 0.2) is 0 Å². The normalized spacial score (nSPS) is 13.1. The Labute approximate surface area is 140 Å². The van der Waals surface area contributed by atoms with Crippen LogP contribution in [-0.2, 0) is 6.42 Å². The number of nitrogens with zero attached hydrogens (tertiary/aromatic N) is 1. The number of carbonyl (C=O) groups excluding carboxylic acids is 1. The zero-order chi connectivity index (χ0) is 15.8. The molecule has 0 spiro atoms. The maximum absolute atomic E-state index is 10.4. The Bertz CT molecular complexity index is 655. The van der Waals surface area contributed by atoms with Gasteiger partial charge in [-0.25, -0.2) is 4.99 Å². The summed E-state index contributed by atoms with van der Waals surface area (Å²) in [5, 5.41) is 0.862. The molecule has 0 aromatic heterocycles. The molecule has 0 saturated carbocycles. The molecule has 4 heteroatoms. The van der Waals surface area contributed by atoms with E-state index >= 15 is 0 Å². The molecule has 0 fully saturated rings. The number of halogens is 1. The number of rotatable bonds is 1. The van der Waals surface area contributed by atoms with E-state index in [4.69, 9.17) is 11.6 Å². The van der Waals surface area contributed by atoms with Crippen LogP contribution in [-0.4, -0.2) is 16.5 Å². The maximum Gasteiger partial charge on any atom is 0.252 e. The second kappa shape index (κ2) is 8.76. The van der Waals surface area contributed by atoms with Crippen LogP contribution in [0.5, 0.6) is 0 Å². The fourth-order valence-electron chi connectivity index (χ4n) is 2.17. The van der Waals surface area contributed by atoms with E-state index in [0.717, 1.165) is 6.42 Å². The van der Waals surface area contributed by atoms with Gasteiger partial charge in [0, 0.05) is 5.56 Å². The first-order valence-electron chi connectivity index (χ1n) is 7.15. The summed E-state index contributed by atoms with van der Waals surface area (Å²) in [7, 11) is 0. The van der Waals surface area contributed by atoms with Gasteiger partial charge < -0.3 is 0 Å². The molecule has 0 saturated heterocycles. The third-order valence-corrected chi connectivity index (χ3v) is 4.29. The van der Waals surface area contributed by atoms with Crippen molar-refractivity contribution in [2.45, 2.75) is 19.3 Å². The summed E-state index contributed by atoms with van der Waals surface area (Å²) >= 11 is 6.94. The van der Waals surface area contributed by atoms with E-state index in [1.54, 1.807) is 36.0 Å². The van der Waals surface area contributed by atoms with Gasteiger partial charge in [0.25, 0.3) is 5.24 Å². The molecule has 2 aromatic rings. The van der Waals surface area contributed by atoms with Crippen LogP contribution in [0.3, 0.4) is 0 Å². The first-order chi connectivity index (χ1) is 10.7. The van der Waals surface area contributed by atoms with Crippen molar-refractivity contribution in [2.24, 2.45) is 4.99 Å². The first-order valence-corrected chi connectivity index (χ1v) is 8.75.